The van der Waals surface area contributed by atoms with Crippen molar-refractivity contribution < 1.29 is 19.0 Å². The van der Waals surface area contributed by atoms with E-state index in [1.807, 2.05) is 11.5 Å². The summed E-state index contributed by atoms with van der Waals surface area (Å²) in [6, 6.07) is 0. The number of imidazole rings is 1. The van der Waals surface area contributed by atoms with Crippen molar-refractivity contribution in [3.8, 4) is 17.3 Å². The van der Waals surface area contributed by atoms with Crippen LogP contribution in [0.15, 0.2) is 18.7 Å². The largest absolute Gasteiger partial charge is 0.468 e. The van der Waals surface area contributed by atoms with Gasteiger partial charge in [-0.15, -0.1) is 0 Å². The Morgan fingerprint density at radius 2 is 2.04 bits per heavy atom. The van der Waals surface area contributed by atoms with Crippen molar-refractivity contribution in [3.63, 3.8) is 0 Å². The minimum atomic E-state index is -1.45. The molecule has 0 spiro atoms. The van der Waals surface area contributed by atoms with E-state index in [-0.39, 0.29) is 19.0 Å². The number of likely N-dealkylation sites (tertiary alicyclic amines) is 1. The summed E-state index contributed by atoms with van der Waals surface area (Å²) in [4.78, 5) is 33.4. The zero-order valence-electron chi connectivity index (χ0n) is 15.3. The second kappa shape index (κ2) is 6.98. The molecule has 1 amide bonds. The van der Waals surface area contributed by atoms with Gasteiger partial charge in [-0.1, -0.05) is 0 Å². The van der Waals surface area contributed by atoms with E-state index in [0.717, 1.165) is 4.90 Å². The van der Waals surface area contributed by atoms with Crippen molar-refractivity contribution in [2.24, 2.45) is 0 Å². The van der Waals surface area contributed by atoms with Crippen LogP contribution in [0.4, 0.5) is 9.18 Å². The third-order valence-corrected chi connectivity index (χ3v) is 4.59. The van der Waals surface area contributed by atoms with Crippen molar-refractivity contribution in [2.75, 3.05) is 13.1 Å². The van der Waals surface area contributed by atoms with Gasteiger partial charge in [0.2, 0.25) is 5.88 Å². The van der Waals surface area contributed by atoms with Gasteiger partial charge in [0.05, 0.1) is 18.7 Å². The molecule has 1 aliphatic rings. The zero-order valence-corrected chi connectivity index (χ0v) is 15.3. The molecule has 10 nitrogen and oxygen atoms in total. The number of alkyl halides is 1. The SMILES string of the molecule is CCn1c(-c2cnc(C)nc2)nc2c(OC3CN(C(=O)O)CC3F)ncnc21. The van der Waals surface area contributed by atoms with Crippen LogP contribution in [0.25, 0.3) is 22.6 Å². The standard InChI is InChI=1S/C17H18FN7O3/c1-3-25-14(10-4-19-9(2)20-5-10)23-13-15(25)21-8-22-16(13)28-12-7-24(17(26)27)6-11(12)18/h4-5,8,11-12H,3,6-7H2,1-2H3,(H,26,27). The van der Waals surface area contributed by atoms with Gasteiger partial charge in [-0.25, -0.2) is 29.1 Å². The first-order valence-corrected chi connectivity index (χ1v) is 8.76. The van der Waals surface area contributed by atoms with E-state index < -0.39 is 18.4 Å². The highest BCUT2D eigenvalue weighted by Crippen LogP contribution is 2.29. The Balaban J connectivity index is 1.72. The number of aromatic nitrogens is 6. The fourth-order valence-electron chi connectivity index (χ4n) is 3.17. The average Bonchev–Trinajstić information content (AvgIpc) is 3.24. The molecule has 28 heavy (non-hydrogen) atoms. The third kappa shape index (κ3) is 3.08. The molecule has 0 radical (unpaired) electrons. The Morgan fingerprint density at radius 1 is 1.29 bits per heavy atom. The maximum absolute atomic E-state index is 14.2. The lowest BCUT2D eigenvalue weighted by Gasteiger charge is -2.14. The van der Waals surface area contributed by atoms with Crippen LogP contribution in [-0.2, 0) is 6.54 Å². The lowest BCUT2D eigenvalue weighted by Crippen LogP contribution is -2.30. The van der Waals surface area contributed by atoms with Crippen molar-refractivity contribution in [1.82, 2.24) is 34.4 Å². The van der Waals surface area contributed by atoms with E-state index in [4.69, 9.17) is 9.84 Å². The van der Waals surface area contributed by atoms with Crippen LogP contribution >= 0.6 is 0 Å². The summed E-state index contributed by atoms with van der Waals surface area (Å²) in [7, 11) is 0. The number of carbonyl (C=O) groups is 1. The lowest BCUT2D eigenvalue weighted by molar-refractivity contribution is 0.131. The quantitative estimate of drug-likeness (QED) is 0.718. The summed E-state index contributed by atoms with van der Waals surface area (Å²) in [5.41, 5.74) is 1.62. The number of hydrogen-bond acceptors (Lipinski definition) is 7. The summed E-state index contributed by atoms with van der Waals surface area (Å²) in [5.74, 6) is 1.36. The van der Waals surface area contributed by atoms with Crippen molar-refractivity contribution in [2.45, 2.75) is 32.7 Å². The normalized spacial score (nSPS) is 19.3. The van der Waals surface area contributed by atoms with Gasteiger partial charge in [0, 0.05) is 18.9 Å². The maximum Gasteiger partial charge on any atom is 0.407 e. The Labute approximate surface area is 159 Å². The molecule has 4 rings (SSSR count). The number of rotatable bonds is 4. The molecule has 0 bridgehead atoms. The molecule has 1 fully saturated rings. The van der Waals surface area contributed by atoms with Crippen molar-refractivity contribution in [3.05, 3.63) is 24.5 Å². The third-order valence-electron chi connectivity index (χ3n) is 4.59. The molecule has 0 aliphatic carbocycles. The van der Waals surface area contributed by atoms with Crippen LogP contribution in [0.2, 0.25) is 0 Å². The van der Waals surface area contributed by atoms with E-state index in [0.29, 0.717) is 34.9 Å². The minimum Gasteiger partial charge on any atom is -0.468 e. The topological polar surface area (TPSA) is 119 Å². The number of aryl methyl sites for hydroxylation is 2. The molecule has 1 N–H and O–H groups in total. The second-order valence-corrected chi connectivity index (χ2v) is 6.41. The highest BCUT2D eigenvalue weighted by atomic mass is 19.1. The molecule has 146 valence electrons. The number of halogens is 1. The van der Waals surface area contributed by atoms with Crippen molar-refractivity contribution >= 4 is 17.3 Å². The van der Waals surface area contributed by atoms with E-state index >= 15 is 0 Å². The molecule has 3 aromatic heterocycles. The molecule has 2 unspecified atom stereocenters. The Hall–Kier alpha value is -3.37. The highest BCUT2D eigenvalue weighted by molar-refractivity contribution is 5.81. The van der Waals surface area contributed by atoms with Gasteiger partial charge in [0.25, 0.3) is 0 Å². The lowest BCUT2D eigenvalue weighted by atomic mass is 10.3. The monoisotopic (exact) mass is 387 g/mol. The highest BCUT2D eigenvalue weighted by Gasteiger charge is 2.38. The van der Waals surface area contributed by atoms with E-state index in [1.54, 1.807) is 19.3 Å². The summed E-state index contributed by atoms with van der Waals surface area (Å²) < 4.78 is 21.8. The van der Waals surface area contributed by atoms with Crippen LogP contribution in [0.3, 0.4) is 0 Å². The van der Waals surface area contributed by atoms with Gasteiger partial charge >= 0.3 is 6.09 Å². The molecule has 0 aromatic carbocycles. The van der Waals surface area contributed by atoms with Gasteiger partial charge in [-0.05, 0) is 13.8 Å². The Kier molecular flexibility index (Phi) is 4.49. The fraction of sp³-hybridized carbons (Fsp3) is 0.412. The van der Waals surface area contributed by atoms with Crippen LogP contribution in [0, 0.1) is 6.92 Å². The van der Waals surface area contributed by atoms with Gasteiger partial charge in [-0.3, -0.25) is 0 Å². The number of ether oxygens (including phenoxy) is 1. The maximum atomic E-state index is 14.2. The minimum absolute atomic E-state index is 0.0743. The first kappa shape index (κ1) is 18.0. The molecular formula is C17H18FN7O3. The first-order valence-electron chi connectivity index (χ1n) is 8.76. The van der Waals surface area contributed by atoms with E-state index in [1.165, 1.54) is 6.33 Å². The van der Waals surface area contributed by atoms with Crippen molar-refractivity contribution in [1.29, 1.82) is 0 Å². The van der Waals surface area contributed by atoms with Gasteiger partial charge in [0.15, 0.2) is 23.4 Å². The molecule has 4 heterocycles. The summed E-state index contributed by atoms with van der Waals surface area (Å²) in [6.07, 6.45) is 1.08. The number of fused-ring (bicyclic) bond motifs is 1. The van der Waals surface area contributed by atoms with E-state index in [9.17, 15) is 9.18 Å². The fourth-order valence-corrected chi connectivity index (χ4v) is 3.17. The van der Waals surface area contributed by atoms with Crippen LogP contribution in [0.1, 0.15) is 12.7 Å². The molecule has 0 saturated carbocycles. The second-order valence-electron chi connectivity index (χ2n) is 6.41. The summed E-state index contributed by atoms with van der Waals surface area (Å²) in [5, 5.41) is 9.05. The molecule has 3 aromatic rings. The number of amides is 1. The van der Waals surface area contributed by atoms with Crippen LogP contribution in [0.5, 0.6) is 5.88 Å². The molecule has 1 saturated heterocycles. The Morgan fingerprint density at radius 3 is 2.68 bits per heavy atom. The number of hydrogen-bond donors (Lipinski definition) is 1. The molecule has 2 atom stereocenters. The Bertz CT molecular complexity index is 1020. The summed E-state index contributed by atoms with van der Waals surface area (Å²) >= 11 is 0. The van der Waals surface area contributed by atoms with Gasteiger partial charge in [-0.2, -0.15) is 4.98 Å². The predicted octanol–water partition coefficient (Wildman–Crippen LogP) is 1.69. The number of carboxylic acid groups (broad SMARTS) is 1. The van der Waals surface area contributed by atoms with Gasteiger partial charge < -0.3 is 19.3 Å². The van der Waals surface area contributed by atoms with E-state index in [2.05, 4.69) is 24.9 Å². The molecule has 11 heteroatoms. The predicted molar refractivity (Wildman–Crippen MR) is 95.7 cm³/mol. The first-order chi connectivity index (χ1) is 13.5. The zero-order chi connectivity index (χ0) is 19.8. The average molecular weight is 387 g/mol. The molecular weight excluding hydrogens is 369 g/mol. The summed E-state index contributed by atoms with van der Waals surface area (Å²) in [6.45, 7) is 4.01. The van der Waals surface area contributed by atoms with Crippen LogP contribution < -0.4 is 4.74 Å². The molecule has 1 aliphatic heterocycles. The smallest absolute Gasteiger partial charge is 0.407 e. The van der Waals surface area contributed by atoms with Gasteiger partial charge in [0.1, 0.15) is 18.0 Å². The number of nitrogens with zero attached hydrogens (tertiary/aromatic N) is 7. The van der Waals surface area contributed by atoms with Crippen LogP contribution in [-0.4, -0.2) is 71.0 Å².